The van der Waals surface area contributed by atoms with Crippen molar-refractivity contribution in [2.45, 2.75) is 50.5 Å². The molecular weight excluding hydrogens is 570 g/mol. The van der Waals surface area contributed by atoms with Gasteiger partial charge in [0.25, 0.3) is 0 Å². The number of carboxylic acids is 1. The zero-order chi connectivity index (χ0) is 31.5. The molecule has 10 heteroatoms. The van der Waals surface area contributed by atoms with Gasteiger partial charge in [-0.2, -0.15) is 4.98 Å². The molecule has 4 bridgehead atoms. The van der Waals surface area contributed by atoms with Gasteiger partial charge in [-0.05, 0) is 92.2 Å². The van der Waals surface area contributed by atoms with Gasteiger partial charge in [0.15, 0.2) is 11.5 Å². The van der Waals surface area contributed by atoms with Crippen LogP contribution >= 0.6 is 0 Å². The predicted molar refractivity (Wildman–Crippen MR) is 171 cm³/mol. The molecular formula is C35H35N5O5. The molecule has 4 aliphatic rings. The van der Waals surface area contributed by atoms with Crippen LogP contribution in [0.25, 0.3) is 10.9 Å². The van der Waals surface area contributed by atoms with E-state index in [0.29, 0.717) is 63.6 Å². The Kier molecular flexibility index (Phi) is 6.92. The molecule has 2 heterocycles. The van der Waals surface area contributed by atoms with E-state index in [4.69, 9.17) is 20.9 Å². The van der Waals surface area contributed by atoms with Crippen LogP contribution in [0.3, 0.4) is 0 Å². The molecule has 0 spiro atoms. The van der Waals surface area contributed by atoms with Crippen LogP contribution in [0, 0.1) is 29.6 Å². The number of nitrogens with zero attached hydrogens (tertiary/aromatic N) is 3. The highest BCUT2D eigenvalue weighted by Crippen LogP contribution is 2.59. The summed E-state index contributed by atoms with van der Waals surface area (Å²) < 4.78 is 13.4. The Morgan fingerprint density at radius 1 is 1.04 bits per heavy atom. The van der Waals surface area contributed by atoms with Crippen molar-refractivity contribution in [1.29, 1.82) is 0 Å². The number of anilines is 2. The molecule has 4 saturated carbocycles. The average Bonchev–Trinajstić information content (AvgIpc) is 3.00. The number of aromatic nitrogens is 3. The van der Waals surface area contributed by atoms with E-state index in [9.17, 15) is 14.7 Å². The Hall–Kier alpha value is -5.04. The normalized spacial score (nSPS) is 23.0. The van der Waals surface area contributed by atoms with Crippen LogP contribution < -0.4 is 26.4 Å². The van der Waals surface area contributed by atoms with Crippen molar-refractivity contribution in [3.05, 3.63) is 80.8 Å². The van der Waals surface area contributed by atoms with Crippen LogP contribution in [-0.2, 0) is 12.0 Å². The van der Waals surface area contributed by atoms with Gasteiger partial charge in [0.05, 0.1) is 25.3 Å². The van der Waals surface area contributed by atoms with E-state index in [1.165, 1.54) is 19.3 Å². The maximum atomic E-state index is 13.3. The summed E-state index contributed by atoms with van der Waals surface area (Å²) in [4.78, 5) is 33.7. The average molecular weight is 606 g/mol. The number of methoxy groups -OCH3 is 2. The molecule has 8 rings (SSSR count). The van der Waals surface area contributed by atoms with E-state index >= 15 is 0 Å². The Morgan fingerprint density at radius 2 is 1.76 bits per heavy atom. The zero-order valence-electron chi connectivity index (χ0n) is 25.3. The lowest BCUT2D eigenvalue weighted by Crippen LogP contribution is -2.52. The van der Waals surface area contributed by atoms with Gasteiger partial charge in [-0.3, -0.25) is 4.79 Å². The number of nitrogen functional groups attached to an aromatic ring is 2. The largest absolute Gasteiger partial charge is 0.493 e. The number of carboxylic acid groups (broad SMARTS) is 1. The van der Waals surface area contributed by atoms with Crippen molar-refractivity contribution in [3.63, 3.8) is 0 Å². The second-order valence-corrected chi connectivity index (χ2v) is 12.9. The Morgan fingerprint density at radius 3 is 2.38 bits per heavy atom. The van der Waals surface area contributed by atoms with Crippen molar-refractivity contribution in [3.8, 4) is 23.3 Å². The first-order valence-corrected chi connectivity index (χ1v) is 15.2. The molecule has 45 heavy (non-hydrogen) atoms. The predicted octanol–water partition coefficient (Wildman–Crippen LogP) is 4.59. The molecule has 0 radical (unpaired) electrons. The second-order valence-electron chi connectivity index (χ2n) is 12.9. The van der Waals surface area contributed by atoms with Crippen molar-refractivity contribution < 1.29 is 19.4 Å². The fourth-order valence-corrected chi connectivity index (χ4v) is 8.45. The lowest BCUT2D eigenvalue weighted by atomic mass is 9.53. The van der Waals surface area contributed by atoms with Gasteiger partial charge in [-0.25, -0.2) is 9.78 Å². The molecule has 0 unspecified atom stereocenters. The molecule has 230 valence electrons. The molecule has 0 aliphatic heterocycles. The molecule has 10 nitrogen and oxygen atoms in total. The molecule has 5 N–H and O–H groups in total. The molecule has 2 aromatic carbocycles. The first-order chi connectivity index (χ1) is 21.7. The third-order valence-electron chi connectivity index (χ3n) is 9.94. The minimum absolute atomic E-state index is 0.110. The first kappa shape index (κ1) is 28.7. The summed E-state index contributed by atoms with van der Waals surface area (Å²) in [6.07, 6.45) is 10.4. The fraction of sp³-hybridized carbons (Fsp3) is 0.371. The van der Waals surface area contributed by atoms with Crippen molar-refractivity contribution in [1.82, 2.24) is 14.5 Å². The third kappa shape index (κ3) is 5.02. The third-order valence-corrected chi connectivity index (χ3v) is 9.94. The van der Waals surface area contributed by atoms with Crippen LogP contribution in [0.5, 0.6) is 11.5 Å². The summed E-state index contributed by atoms with van der Waals surface area (Å²) >= 11 is 0. The van der Waals surface area contributed by atoms with Gasteiger partial charge in [-0.15, -0.1) is 0 Å². The van der Waals surface area contributed by atoms with Gasteiger partial charge in [-0.1, -0.05) is 11.8 Å². The van der Waals surface area contributed by atoms with E-state index in [-0.39, 0.29) is 17.1 Å². The minimum atomic E-state index is -1.20. The number of hydrogen-bond donors (Lipinski definition) is 3. The number of carbonyl (C=O) groups is 1. The summed E-state index contributed by atoms with van der Waals surface area (Å²) in [5.41, 5.74) is 14.5. The topological polar surface area (TPSA) is 156 Å². The summed E-state index contributed by atoms with van der Waals surface area (Å²) in [5.74, 6) is 8.68. The zero-order valence-corrected chi connectivity index (χ0v) is 25.3. The molecule has 4 aromatic rings. The van der Waals surface area contributed by atoms with E-state index in [1.54, 1.807) is 38.7 Å². The van der Waals surface area contributed by atoms with Crippen molar-refractivity contribution in [2.24, 2.45) is 17.8 Å². The molecule has 0 atom stereocenters. The maximum Gasteiger partial charge on any atom is 0.341 e. The number of aromatic carboxylic acids is 1. The number of ether oxygens (including phenoxy) is 2. The van der Waals surface area contributed by atoms with Gasteiger partial charge in [0, 0.05) is 40.9 Å². The Labute approximate surface area is 260 Å². The van der Waals surface area contributed by atoms with E-state index in [0.717, 1.165) is 30.3 Å². The number of pyridine rings is 1. The van der Waals surface area contributed by atoms with E-state index in [1.807, 2.05) is 18.2 Å². The number of hydrogen-bond acceptors (Lipinski definition) is 8. The summed E-state index contributed by atoms with van der Waals surface area (Å²) in [5, 5.41) is 10.4. The summed E-state index contributed by atoms with van der Waals surface area (Å²) in [6, 6.07) is 9.18. The quantitative estimate of drug-likeness (QED) is 0.268. The highest BCUT2D eigenvalue weighted by atomic mass is 16.5. The molecule has 4 fully saturated rings. The SMILES string of the molecule is COc1cc(Cc2cnc(N)nc2N)cc(C#Cc2ccc3c(=O)c(C(=O)O)cn(C45CC6CC(CC(C6)C4)C5)c3c2)c1OC. The molecule has 0 saturated heterocycles. The van der Waals surface area contributed by atoms with Gasteiger partial charge < -0.3 is 30.6 Å². The number of benzene rings is 2. The molecule has 4 aliphatic carbocycles. The van der Waals surface area contributed by atoms with Crippen molar-refractivity contribution >= 4 is 28.6 Å². The minimum Gasteiger partial charge on any atom is -0.493 e. The second kappa shape index (κ2) is 10.8. The van der Waals surface area contributed by atoms with Crippen LogP contribution in [-0.4, -0.2) is 39.8 Å². The highest BCUT2D eigenvalue weighted by Gasteiger charge is 2.52. The summed E-state index contributed by atoms with van der Waals surface area (Å²) in [7, 11) is 3.13. The van der Waals surface area contributed by atoms with Crippen LogP contribution in [0.1, 0.15) is 71.1 Å². The Bertz CT molecular complexity index is 1950. The maximum absolute atomic E-state index is 13.3. The summed E-state index contributed by atoms with van der Waals surface area (Å²) in [6.45, 7) is 0. The molecule has 2 aromatic heterocycles. The van der Waals surface area contributed by atoms with Gasteiger partial charge in [0.1, 0.15) is 11.4 Å². The Balaban J connectivity index is 1.33. The van der Waals surface area contributed by atoms with Crippen LogP contribution in [0.15, 0.2) is 47.5 Å². The standard InChI is InChI=1S/C35H35N5O5/c1-44-29-13-20(11-25-17-38-34(37)39-32(25)36)10-24(31(29)45-2)5-3-19-4-6-26-28(12-19)40(18-27(30(26)41)33(42)43)35-14-21-7-22(15-35)9-23(8-21)16-35/h4,6,10,12-13,17-18,21-23H,7-9,11,14-16H2,1-2H3,(H,42,43)(H4,36,37,38,39). The smallest absolute Gasteiger partial charge is 0.341 e. The monoisotopic (exact) mass is 605 g/mol. The van der Waals surface area contributed by atoms with Crippen LogP contribution in [0.4, 0.5) is 11.8 Å². The van der Waals surface area contributed by atoms with Gasteiger partial charge in [0.2, 0.25) is 11.4 Å². The first-order valence-electron chi connectivity index (χ1n) is 15.2. The van der Waals surface area contributed by atoms with E-state index in [2.05, 4.69) is 26.4 Å². The van der Waals surface area contributed by atoms with Crippen LogP contribution in [0.2, 0.25) is 0 Å². The number of fused-ring (bicyclic) bond motifs is 1. The van der Waals surface area contributed by atoms with E-state index < -0.39 is 11.4 Å². The molecule has 0 amide bonds. The lowest BCUT2D eigenvalue weighted by Gasteiger charge is -2.57. The highest BCUT2D eigenvalue weighted by molar-refractivity contribution is 5.93. The number of nitrogens with two attached hydrogens (primary N) is 2. The fourth-order valence-electron chi connectivity index (χ4n) is 8.45. The number of rotatable bonds is 6. The lowest BCUT2D eigenvalue weighted by molar-refractivity contribution is -0.0411. The van der Waals surface area contributed by atoms with Crippen molar-refractivity contribution in [2.75, 3.05) is 25.7 Å². The van der Waals surface area contributed by atoms with Gasteiger partial charge >= 0.3 is 5.97 Å².